The van der Waals surface area contributed by atoms with Crippen LogP contribution in [0.25, 0.3) is 10.8 Å². The summed E-state index contributed by atoms with van der Waals surface area (Å²) < 4.78 is 0. The minimum Gasteiger partial charge on any atom is -0.508 e. The van der Waals surface area contributed by atoms with Crippen molar-refractivity contribution in [3.8, 4) is 5.75 Å². The largest absolute Gasteiger partial charge is 0.508 e. The molecule has 0 heterocycles. The summed E-state index contributed by atoms with van der Waals surface area (Å²) in [7, 11) is 0. The second-order valence-corrected chi connectivity index (χ2v) is 7.02. The minimum atomic E-state index is 0.357. The maximum atomic E-state index is 9.68. The first-order valence-corrected chi connectivity index (χ1v) is 8.00. The maximum Gasteiger partial charge on any atom is 0.116 e. The molecule has 1 saturated carbocycles. The summed E-state index contributed by atoms with van der Waals surface area (Å²) in [6.45, 7) is 6.53. The van der Waals surface area contributed by atoms with E-state index in [2.05, 4.69) is 37.8 Å². The van der Waals surface area contributed by atoms with Gasteiger partial charge in [0.25, 0.3) is 0 Å². The van der Waals surface area contributed by atoms with Gasteiger partial charge in [-0.25, -0.2) is 0 Å². The quantitative estimate of drug-likeness (QED) is 0.713. The molecule has 108 valence electrons. The van der Waals surface area contributed by atoms with E-state index >= 15 is 0 Å². The van der Waals surface area contributed by atoms with Gasteiger partial charge in [-0.15, -0.1) is 6.58 Å². The average molecular weight is 278 g/mol. The highest BCUT2D eigenvalue weighted by atomic mass is 16.3. The van der Waals surface area contributed by atoms with Crippen molar-refractivity contribution < 1.29 is 5.11 Å². The fraction of sp³-hybridized carbons (Fsp3) is 0.400. The van der Waals surface area contributed by atoms with Crippen molar-refractivity contribution in [3.05, 3.63) is 54.1 Å². The van der Waals surface area contributed by atoms with Crippen molar-refractivity contribution in [2.45, 2.75) is 38.5 Å². The zero-order valence-corrected chi connectivity index (χ0v) is 12.6. The Morgan fingerprint density at radius 3 is 2.90 bits per heavy atom. The number of phenols is 1. The highest BCUT2D eigenvalue weighted by Gasteiger charge is 2.48. The van der Waals surface area contributed by atoms with Crippen LogP contribution < -0.4 is 0 Å². The van der Waals surface area contributed by atoms with Gasteiger partial charge in [0.1, 0.15) is 5.75 Å². The lowest BCUT2D eigenvalue weighted by molar-refractivity contribution is 0.205. The lowest BCUT2D eigenvalue weighted by Crippen LogP contribution is -2.31. The van der Waals surface area contributed by atoms with Crippen LogP contribution >= 0.6 is 0 Å². The predicted octanol–water partition coefficient (Wildman–Crippen LogP) is 5.18. The Labute approximate surface area is 126 Å². The molecular formula is C20H22O. The predicted molar refractivity (Wildman–Crippen MR) is 87.7 cm³/mol. The van der Waals surface area contributed by atoms with Crippen LogP contribution in [0.2, 0.25) is 0 Å². The molecule has 0 bridgehead atoms. The highest BCUT2D eigenvalue weighted by Crippen LogP contribution is 2.59. The van der Waals surface area contributed by atoms with Gasteiger partial charge in [0.15, 0.2) is 0 Å². The number of allylic oxidation sites excluding steroid dienone is 1. The Hall–Kier alpha value is -1.76. The van der Waals surface area contributed by atoms with Gasteiger partial charge >= 0.3 is 0 Å². The smallest absolute Gasteiger partial charge is 0.116 e. The molecule has 21 heavy (non-hydrogen) atoms. The molecule has 1 heteroatoms. The number of hydrogen-bond donors (Lipinski definition) is 1. The molecular weight excluding hydrogens is 256 g/mol. The van der Waals surface area contributed by atoms with Crippen molar-refractivity contribution >= 4 is 10.8 Å². The Balaban J connectivity index is 1.90. The molecule has 0 spiro atoms. The number of phenolic OH excluding ortho intramolecular Hbond substituents is 1. The molecule has 4 rings (SSSR count). The Morgan fingerprint density at radius 2 is 2.10 bits per heavy atom. The normalized spacial score (nSPS) is 30.9. The molecule has 1 N–H and O–H groups in total. The average Bonchev–Trinajstić information content (AvgIpc) is 2.83. The van der Waals surface area contributed by atoms with Crippen LogP contribution in [0.1, 0.15) is 43.2 Å². The maximum absolute atomic E-state index is 9.68. The van der Waals surface area contributed by atoms with Gasteiger partial charge in [0.2, 0.25) is 0 Å². The van der Waals surface area contributed by atoms with Crippen molar-refractivity contribution in [1.29, 1.82) is 0 Å². The van der Waals surface area contributed by atoms with Gasteiger partial charge in [0.05, 0.1) is 0 Å². The van der Waals surface area contributed by atoms with Gasteiger partial charge in [-0.05, 0) is 77.0 Å². The molecule has 1 fully saturated rings. The molecule has 2 aromatic carbocycles. The van der Waals surface area contributed by atoms with Crippen LogP contribution in [-0.4, -0.2) is 5.11 Å². The van der Waals surface area contributed by atoms with E-state index in [-0.39, 0.29) is 0 Å². The van der Waals surface area contributed by atoms with Crippen LogP contribution in [0, 0.1) is 11.3 Å². The lowest BCUT2D eigenvalue weighted by atomic mass is 9.63. The van der Waals surface area contributed by atoms with Crippen LogP contribution in [-0.2, 0) is 6.42 Å². The van der Waals surface area contributed by atoms with Crippen molar-refractivity contribution in [2.24, 2.45) is 11.3 Å². The Bertz CT molecular complexity index is 730. The minimum absolute atomic E-state index is 0.357. The summed E-state index contributed by atoms with van der Waals surface area (Å²) in [5.41, 5.74) is 3.45. The van der Waals surface area contributed by atoms with E-state index in [1.165, 1.54) is 30.2 Å². The molecule has 2 aromatic rings. The second kappa shape index (κ2) is 4.37. The summed E-state index contributed by atoms with van der Waals surface area (Å²) in [4.78, 5) is 0. The number of rotatable bonds is 1. The van der Waals surface area contributed by atoms with E-state index in [9.17, 15) is 5.11 Å². The van der Waals surface area contributed by atoms with Crippen molar-refractivity contribution in [3.63, 3.8) is 0 Å². The molecule has 3 atom stereocenters. The van der Waals surface area contributed by atoms with Crippen LogP contribution in [0.15, 0.2) is 43.0 Å². The van der Waals surface area contributed by atoms with Crippen molar-refractivity contribution in [2.75, 3.05) is 0 Å². The zero-order chi connectivity index (χ0) is 14.6. The van der Waals surface area contributed by atoms with E-state index in [1.54, 1.807) is 5.56 Å². The third-order valence-electron chi connectivity index (χ3n) is 6.13. The molecule has 2 aliphatic carbocycles. The van der Waals surface area contributed by atoms with Gasteiger partial charge in [-0.2, -0.15) is 0 Å². The zero-order valence-electron chi connectivity index (χ0n) is 12.6. The summed E-state index contributed by atoms with van der Waals surface area (Å²) in [5, 5.41) is 12.2. The molecule has 0 aromatic heterocycles. The number of aryl methyl sites for hydroxylation is 1. The topological polar surface area (TPSA) is 20.2 Å². The van der Waals surface area contributed by atoms with Gasteiger partial charge in [0, 0.05) is 0 Å². The van der Waals surface area contributed by atoms with Crippen LogP contribution in [0.3, 0.4) is 0 Å². The second-order valence-electron chi connectivity index (χ2n) is 7.02. The van der Waals surface area contributed by atoms with E-state index in [0.29, 0.717) is 23.0 Å². The third-order valence-corrected chi connectivity index (χ3v) is 6.13. The van der Waals surface area contributed by atoms with E-state index in [4.69, 9.17) is 0 Å². The van der Waals surface area contributed by atoms with Crippen molar-refractivity contribution in [1.82, 2.24) is 0 Å². The molecule has 0 saturated heterocycles. The van der Waals surface area contributed by atoms with Gasteiger partial charge in [-0.3, -0.25) is 0 Å². The van der Waals surface area contributed by atoms with E-state index in [1.807, 2.05) is 12.1 Å². The molecule has 1 nitrogen and oxygen atoms in total. The molecule has 0 unspecified atom stereocenters. The van der Waals surface area contributed by atoms with Gasteiger partial charge < -0.3 is 5.11 Å². The van der Waals surface area contributed by atoms with Crippen LogP contribution in [0.5, 0.6) is 5.75 Å². The number of hydrogen-bond acceptors (Lipinski definition) is 1. The lowest BCUT2D eigenvalue weighted by Gasteiger charge is -2.41. The van der Waals surface area contributed by atoms with Gasteiger partial charge in [-0.1, -0.05) is 31.2 Å². The fourth-order valence-corrected chi connectivity index (χ4v) is 4.92. The highest BCUT2D eigenvalue weighted by molar-refractivity contribution is 5.88. The Kier molecular flexibility index (Phi) is 2.69. The first-order valence-electron chi connectivity index (χ1n) is 8.00. The molecule has 0 radical (unpaired) electrons. The fourth-order valence-electron chi connectivity index (χ4n) is 4.92. The number of fused-ring (bicyclic) bond motifs is 5. The molecule has 0 amide bonds. The Morgan fingerprint density at radius 1 is 1.24 bits per heavy atom. The summed E-state index contributed by atoms with van der Waals surface area (Å²) in [6.07, 6.45) is 7.14. The molecule has 2 aliphatic rings. The molecule has 0 aliphatic heterocycles. The van der Waals surface area contributed by atoms with E-state index in [0.717, 1.165) is 11.8 Å². The number of aromatic hydroxyl groups is 1. The summed E-state index contributed by atoms with van der Waals surface area (Å²) >= 11 is 0. The third kappa shape index (κ3) is 1.70. The van der Waals surface area contributed by atoms with E-state index < -0.39 is 0 Å². The monoisotopic (exact) mass is 278 g/mol. The first-order chi connectivity index (χ1) is 10.1. The SMILES string of the molecule is C=C[C@H]1CC[C@H]2c3ccc4cc(O)ccc4c3CC[C@]12C. The standard InChI is InChI=1S/C20H22O/c1-3-14-5-9-19-18-7-4-13-12-15(21)6-8-16(13)17(18)10-11-20(14,19)2/h3-4,6-8,12,14,19,21H,1,5,9-11H2,2H3/t14-,19-,20+/m0/s1. The summed E-state index contributed by atoms with van der Waals surface area (Å²) in [6, 6.07) is 10.3. The number of benzene rings is 2. The first kappa shape index (κ1) is 12.9. The van der Waals surface area contributed by atoms with Crippen LogP contribution in [0.4, 0.5) is 0 Å². The summed E-state index contributed by atoms with van der Waals surface area (Å²) in [5.74, 6) is 1.68.